The predicted molar refractivity (Wildman–Crippen MR) is 128 cm³/mol. The Labute approximate surface area is 208 Å². The number of benzene rings is 1. The van der Waals surface area contributed by atoms with Crippen LogP contribution >= 0.6 is 0 Å². The van der Waals surface area contributed by atoms with E-state index in [0.29, 0.717) is 11.0 Å². The normalized spacial score (nSPS) is 18.6. The standard InChI is InChI=1S/C24H21F2N9O2/c1-24(22(36)29-11-6-7-11)15-18(27)32-20(33-19(15)34-23(24)37)17-12-9-28-35(2)21(12)31-14(30-17)8-10-4-3-5-13(25)16(10)26/h3-5,9,11H,6-8H2,1-2H3,(H,29,36)(H3,27,32,33,34,37). The first kappa shape index (κ1) is 22.9. The van der Waals surface area contributed by atoms with E-state index >= 15 is 0 Å². The molecule has 1 unspecified atom stereocenters. The van der Waals surface area contributed by atoms with Crippen LogP contribution < -0.4 is 16.4 Å². The quantitative estimate of drug-likeness (QED) is 0.347. The number of nitrogens with two attached hydrogens (primary N) is 1. The molecule has 2 aliphatic rings. The molecule has 4 aromatic rings. The van der Waals surface area contributed by atoms with Crippen LogP contribution in [0.4, 0.5) is 20.4 Å². The monoisotopic (exact) mass is 505 g/mol. The number of aromatic nitrogens is 6. The molecule has 13 heteroatoms. The van der Waals surface area contributed by atoms with Crippen molar-refractivity contribution in [3.05, 3.63) is 53.0 Å². The predicted octanol–water partition coefficient (Wildman–Crippen LogP) is 1.76. The summed E-state index contributed by atoms with van der Waals surface area (Å²) in [7, 11) is 1.67. The summed E-state index contributed by atoms with van der Waals surface area (Å²) >= 11 is 0. The Morgan fingerprint density at radius 2 is 2.03 bits per heavy atom. The molecule has 1 atom stereocenters. The van der Waals surface area contributed by atoms with Crippen molar-refractivity contribution >= 4 is 34.5 Å². The fraction of sp³-hybridized carbons (Fsp3) is 0.292. The van der Waals surface area contributed by atoms with Gasteiger partial charge in [-0.2, -0.15) is 5.10 Å². The number of anilines is 2. The zero-order chi connectivity index (χ0) is 26.1. The minimum Gasteiger partial charge on any atom is -0.383 e. The van der Waals surface area contributed by atoms with E-state index in [1.807, 2.05) is 0 Å². The number of amides is 2. The van der Waals surface area contributed by atoms with Gasteiger partial charge in [0.05, 0.1) is 17.1 Å². The first-order valence-electron chi connectivity index (χ1n) is 11.6. The maximum atomic E-state index is 14.3. The second kappa shape index (κ2) is 7.98. The molecule has 1 aliphatic heterocycles. The van der Waals surface area contributed by atoms with E-state index in [-0.39, 0.29) is 52.6 Å². The second-order valence-electron chi connectivity index (χ2n) is 9.37. The van der Waals surface area contributed by atoms with Crippen LogP contribution in [0.3, 0.4) is 0 Å². The van der Waals surface area contributed by atoms with Gasteiger partial charge in [-0.05, 0) is 31.4 Å². The molecule has 3 aromatic heterocycles. The first-order chi connectivity index (χ1) is 17.7. The summed E-state index contributed by atoms with van der Waals surface area (Å²) in [4.78, 5) is 43.8. The fourth-order valence-corrected chi connectivity index (χ4v) is 4.46. The number of rotatable bonds is 5. The third-order valence-electron chi connectivity index (χ3n) is 6.72. The highest BCUT2D eigenvalue weighted by molar-refractivity contribution is 6.21. The Bertz CT molecular complexity index is 1630. The molecule has 188 valence electrons. The molecular formula is C24H21F2N9O2. The van der Waals surface area contributed by atoms with Crippen molar-refractivity contribution in [2.75, 3.05) is 11.1 Å². The van der Waals surface area contributed by atoms with E-state index < -0.39 is 28.9 Å². The lowest BCUT2D eigenvalue weighted by molar-refractivity contribution is -0.133. The van der Waals surface area contributed by atoms with Gasteiger partial charge in [0.1, 0.15) is 23.2 Å². The molecular weight excluding hydrogens is 484 g/mol. The van der Waals surface area contributed by atoms with E-state index in [9.17, 15) is 18.4 Å². The molecule has 1 fully saturated rings. The lowest BCUT2D eigenvalue weighted by Crippen LogP contribution is -2.48. The maximum Gasteiger partial charge on any atom is 0.245 e. The summed E-state index contributed by atoms with van der Waals surface area (Å²) in [5, 5.41) is 10.2. The van der Waals surface area contributed by atoms with E-state index in [1.165, 1.54) is 29.9 Å². The molecule has 0 saturated heterocycles. The molecule has 0 radical (unpaired) electrons. The first-order valence-corrected chi connectivity index (χ1v) is 11.6. The summed E-state index contributed by atoms with van der Waals surface area (Å²) < 4.78 is 29.6. The Kier molecular flexibility index (Phi) is 4.94. The van der Waals surface area contributed by atoms with Gasteiger partial charge in [0.2, 0.25) is 11.8 Å². The zero-order valence-corrected chi connectivity index (χ0v) is 19.8. The number of carbonyl (C=O) groups is 2. The average Bonchev–Trinajstić information content (AvgIpc) is 3.54. The Morgan fingerprint density at radius 3 is 2.78 bits per heavy atom. The number of aryl methyl sites for hydroxylation is 1. The number of nitrogen functional groups attached to an aromatic ring is 1. The van der Waals surface area contributed by atoms with Crippen LogP contribution in [0.25, 0.3) is 22.6 Å². The van der Waals surface area contributed by atoms with Crippen LogP contribution in [0.1, 0.15) is 36.7 Å². The molecule has 4 heterocycles. The van der Waals surface area contributed by atoms with Crippen LogP contribution in [0, 0.1) is 11.6 Å². The van der Waals surface area contributed by atoms with Crippen molar-refractivity contribution in [3.8, 4) is 11.5 Å². The molecule has 1 aliphatic carbocycles. The van der Waals surface area contributed by atoms with Gasteiger partial charge in [-0.15, -0.1) is 0 Å². The number of hydrogen-bond acceptors (Lipinski definition) is 8. The highest BCUT2D eigenvalue weighted by Gasteiger charge is 2.53. The molecule has 1 aromatic carbocycles. The van der Waals surface area contributed by atoms with Crippen molar-refractivity contribution in [1.82, 2.24) is 35.0 Å². The van der Waals surface area contributed by atoms with Crippen molar-refractivity contribution < 1.29 is 18.4 Å². The Morgan fingerprint density at radius 1 is 1.24 bits per heavy atom. The van der Waals surface area contributed by atoms with Gasteiger partial charge in [0.25, 0.3) is 0 Å². The van der Waals surface area contributed by atoms with Crippen LogP contribution in [0.15, 0.2) is 24.4 Å². The van der Waals surface area contributed by atoms with Gasteiger partial charge in [0.15, 0.2) is 28.5 Å². The highest BCUT2D eigenvalue weighted by atomic mass is 19.2. The number of nitrogens with one attached hydrogen (secondary N) is 2. The van der Waals surface area contributed by atoms with E-state index in [0.717, 1.165) is 18.9 Å². The number of fused-ring (bicyclic) bond motifs is 2. The van der Waals surface area contributed by atoms with Crippen molar-refractivity contribution in [2.45, 2.75) is 37.6 Å². The van der Waals surface area contributed by atoms with Crippen LogP contribution in [-0.4, -0.2) is 47.6 Å². The van der Waals surface area contributed by atoms with Crippen molar-refractivity contribution in [2.24, 2.45) is 7.05 Å². The van der Waals surface area contributed by atoms with Crippen LogP contribution in [0.2, 0.25) is 0 Å². The Balaban J connectivity index is 1.46. The largest absolute Gasteiger partial charge is 0.383 e. The van der Waals surface area contributed by atoms with E-state index in [4.69, 9.17) is 5.73 Å². The fourth-order valence-electron chi connectivity index (χ4n) is 4.46. The molecule has 2 amide bonds. The SMILES string of the molecule is Cn1ncc2c(-c3nc(N)c4c(n3)NC(=O)C4(C)C(=O)NC3CC3)nc(Cc3cccc(F)c3F)nc21. The molecule has 6 rings (SSSR count). The number of carbonyl (C=O) groups excluding carboxylic acids is 2. The zero-order valence-electron chi connectivity index (χ0n) is 19.8. The van der Waals surface area contributed by atoms with Gasteiger partial charge >= 0.3 is 0 Å². The maximum absolute atomic E-state index is 14.3. The number of hydrogen-bond donors (Lipinski definition) is 3. The molecule has 4 N–H and O–H groups in total. The molecule has 0 bridgehead atoms. The smallest absolute Gasteiger partial charge is 0.245 e. The summed E-state index contributed by atoms with van der Waals surface area (Å²) in [5.41, 5.74) is 5.64. The van der Waals surface area contributed by atoms with Crippen LogP contribution in [-0.2, 0) is 28.5 Å². The molecule has 11 nitrogen and oxygen atoms in total. The summed E-state index contributed by atoms with van der Waals surface area (Å²) in [6.45, 7) is 1.49. The molecule has 0 spiro atoms. The minimum atomic E-state index is -1.59. The van der Waals surface area contributed by atoms with Crippen molar-refractivity contribution in [3.63, 3.8) is 0 Å². The topological polar surface area (TPSA) is 154 Å². The Hall–Kier alpha value is -4.55. The minimum absolute atomic E-state index is 0.0452. The van der Waals surface area contributed by atoms with Crippen molar-refractivity contribution in [1.29, 1.82) is 0 Å². The lowest BCUT2D eigenvalue weighted by atomic mass is 9.83. The average molecular weight is 505 g/mol. The van der Waals surface area contributed by atoms with Gasteiger partial charge in [-0.3, -0.25) is 14.3 Å². The summed E-state index contributed by atoms with van der Waals surface area (Å²) in [6.07, 6.45) is 3.14. The third kappa shape index (κ3) is 3.57. The second-order valence-corrected chi connectivity index (χ2v) is 9.37. The van der Waals surface area contributed by atoms with Gasteiger partial charge in [-0.25, -0.2) is 28.7 Å². The van der Waals surface area contributed by atoms with Gasteiger partial charge in [0, 0.05) is 19.5 Å². The third-order valence-corrected chi connectivity index (χ3v) is 6.72. The van der Waals surface area contributed by atoms with Gasteiger partial charge < -0.3 is 16.4 Å². The molecule has 37 heavy (non-hydrogen) atoms. The summed E-state index contributed by atoms with van der Waals surface area (Å²) in [5.74, 6) is -2.70. The number of nitrogens with zero attached hydrogens (tertiary/aromatic N) is 6. The number of halogens is 2. The summed E-state index contributed by atoms with van der Waals surface area (Å²) in [6, 6.07) is 3.93. The van der Waals surface area contributed by atoms with E-state index in [1.54, 1.807) is 7.05 Å². The van der Waals surface area contributed by atoms with E-state index in [2.05, 4.69) is 35.7 Å². The lowest BCUT2D eigenvalue weighted by Gasteiger charge is -2.21. The van der Waals surface area contributed by atoms with Crippen LogP contribution in [0.5, 0.6) is 0 Å². The van der Waals surface area contributed by atoms with Gasteiger partial charge in [-0.1, -0.05) is 12.1 Å². The molecule has 1 saturated carbocycles. The highest BCUT2D eigenvalue weighted by Crippen LogP contribution is 2.42.